The van der Waals surface area contributed by atoms with Crippen LogP contribution in [0.2, 0.25) is 10.0 Å². The molecule has 0 aliphatic carbocycles. The molecule has 0 saturated carbocycles. The van der Waals surface area contributed by atoms with Crippen LogP contribution in [0.4, 0.5) is 11.4 Å². The topological polar surface area (TPSA) is 106 Å². The third-order valence-corrected chi connectivity index (χ3v) is 7.15. The molecule has 11 heteroatoms. The van der Waals surface area contributed by atoms with Gasteiger partial charge in [-0.15, -0.1) is 0 Å². The molecular formula is C29H32Cl2N6O3. The van der Waals surface area contributed by atoms with Crippen molar-refractivity contribution in [2.75, 3.05) is 50.5 Å². The van der Waals surface area contributed by atoms with Crippen molar-refractivity contribution < 1.29 is 14.4 Å². The Labute approximate surface area is 243 Å². The molecule has 0 radical (unpaired) electrons. The fourth-order valence-corrected chi connectivity index (χ4v) is 5.03. The van der Waals surface area contributed by atoms with Crippen molar-refractivity contribution in [3.8, 4) is 0 Å². The fraction of sp³-hybridized carbons (Fsp3) is 0.310. The molecule has 40 heavy (non-hydrogen) atoms. The molecule has 2 aromatic rings. The second kappa shape index (κ2) is 13.6. The van der Waals surface area contributed by atoms with E-state index in [1.54, 1.807) is 24.3 Å². The molecule has 3 amide bonds. The summed E-state index contributed by atoms with van der Waals surface area (Å²) in [6, 6.07) is 12.5. The number of anilines is 2. The molecule has 3 N–H and O–H groups in total. The number of benzene rings is 2. The minimum atomic E-state index is -0.496. The highest BCUT2D eigenvalue weighted by molar-refractivity contribution is 6.46. The Balaban J connectivity index is 1.25. The first-order valence-electron chi connectivity index (χ1n) is 13.0. The maximum Gasteiger partial charge on any atom is 0.271 e. The first-order chi connectivity index (χ1) is 19.2. The zero-order valence-electron chi connectivity index (χ0n) is 22.4. The Morgan fingerprint density at radius 1 is 1.00 bits per heavy atom. The number of carbonyl (C=O) groups is 3. The maximum absolute atomic E-state index is 13.0. The van der Waals surface area contributed by atoms with Crippen molar-refractivity contribution >= 4 is 58.0 Å². The quantitative estimate of drug-likeness (QED) is 0.389. The third-order valence-electron chi connectivity index (χ3n) is 6.52. The van der Waals surface area contributed by atoms with Gasteiger partial charge >= 0.3 is 0 Å². The molecular weight excluding hydrogens is 551 g/mol. The summed E-state index contributed by atoms with van der Waals surface area (Å²) < 4.78 is 0. The van der Waals surface area contributed by atoms with E-state index in [2.05, 4.69) is 25.8 Å². The number of aliphatic imine (C=N–C) groups is 1. The second-order valence-electron chi connectivity index (χ2n) is 9.79. The van der Waals surface area contributed by atoms with Gasteiger partial charge in [0.05, 0.1) is 27.9 Å². The predicted octanol–water partition coefficient (Wildman–Crippen LogP) is 3.90. The number of hydrogen-bond acceptors (Lipinski definition) is 6. The molecule has 210 valence electrons. The molecule has 0 bridgehead atoms. The van der Waals surface area contributed by atoms with Crippen LogP contribution in [-0.2, 0) is 9.59 Å². The van der Waals surface area contributed by atoms with Crippen LogP contribution in [0, 0.1) is 0 Å². The summed E-state index contributed by atoms with van der Waals surface area (Å²) in [5.74, 6) is -0.986. The monoisotopic (exact) mass is 582 g/mol. The Morgan fingerprint density at radius 3 is 2.33 bits per heavy atom. The summed E-state index contributed by atoms with van der Waals surface area (Å²) in [5.41, 5.74) is 2.47. The lowest BCUT2D eigenvalue weighted by atomic mass is 10.0. The van der Waals surface area contributed by atoms with Crippen LogP contribution >= 0.6 is 23.2 Å². The highest BCUT2D eigenvalue weighted by atomic mass is 35.5. The summed E-state index contributed by atoms with van der Waals surface area (Å²) in [7, 11) is 3.89. The highest BCUT2D eigenvalue weighted by Crippen LogP contribution is 2.25. The predicted molar refractivity (Wildman–Crippen MR) is 160 cm³/mol. The van der Waals surface area contributed by atoms with Crippen molar-refractivity contribution in [2.24, 2.45) is 4.99 Å². The summed E-state index contributed by atoms with van der Waals surface area (Å²) in [6.07, 6.45) is 6.55. The zero-order chi connectivity index (χ0) is 28.6. The van der Waals surface area contributed by atoms with E-state index in [0.717, 1.165) is 37.3 Å². The van der Waals surface area contributed by atoms with Gasteiger partial charge in [0.2, 0.25) is 5.91 Å². The minimum Gasteiger partial charge on any atom is -0.371 e. The first-order valence-corrected chi connectivity index (χ1v) is 13.8. The molecule has 0 aromatic heterocycles. The van der Waals surface area contributed by atoms with Crippen LogP contribution in [0.3, 0.4) is 0 Å². The van der Waals surface area contributed by atoms with Gasteiger partial charge in [0, 0.05) is 43.1 Å². The first kappa shape index (κ1) is 29.3. The third kappa shape index (κ3) is 7.71. The summed E-state index contributed by atoms with van der Waals surface area (Å²) in [4.78, 5) is 46.3. The average Bonchev–Trinajstić information content (AvgIpc) is 3.37. The molecule has 0 atom stereocenters. The Morgan fingerprint density at radius 2 is 1.68 bits per heavy atom. The minimum absolute atomic E-state index is 0.0190. The summed E-state index contributed by atoms with van der Waals surface area (Å²) in [6.45, 7) is 2.53. The number of likely N-dealkylation sites (N-methyl/N-ethyl adjacent to an activating group) is 1. The van der Waals surface area contributed by atoms with E-state index in [-0.39, 0.29) is 39.2 Å². The van der Waals surface area contributed by atoms with E-state index in [9.17, 15) is 14.4 Å². The van der Waals surface area contributed by atoms with Crippen molar-refractivity contribution in [3.05, 3.63) is 82.0 Å². The largest absolute Gasteiger partial charge is 0.371 e. The standard InChI is InChI=1S/C29H32Cl2N6O3/c1-36(2)16-4-7-25(38)33-19-8-10-21(11-9-19)37-17-13-20(14-18-37)34-29(40)27-24(12-15-32-27)35-28(39)26-22(30)5-3-6-23(26)31/h3-12,20H,13-18H2,1-2H3,(H,33,38)(H,34,40)(H,35,39)/b7-4+. The molecule has 0 unspecified atom stereocenters. The van der Waals surface area contributed by atoms with E-state index in [0.29, 0.717) is 18.8 Å². The number of halogens is 2. The number of piperidine rings is 1. The zero-order valence-corrected chi connectivity index (χ0v) is 23.9. The number of amides is 3. The Kier molecular flexibility index (Phi) is 9.98. The molecule has 9 nitrogen and oxygen atoms in total. The van der Waals surface area contributed by atoms with Crippen LogP contribution < -0.4 is 20.9 Å². The lowest BCUT2D eigenvalue weighted by Gasteiger charge is -2.34. The molecule has 1 saturated heterocycles. The van der Waals surface area contributed by atoms with Crippen molar-refractivity contribution in [1.82, 2.24) is 15.5 Å². The number of carbonyl (C=O) groups excluding carboxylic acids is 3. The van der Waals surface area contributed by atoms with E-state index in [1.807, 2.05) is 49.3 Å². The van der Waals surface area contributed by atoms with Gasteiger partial charge < -0.3 is 25.8 Å². The molecule has 2 aromatic carbocycles. The lowest BCUT2D eigenvalue weighted by molar-refractivity contribution is -0.115. The molecule has 0 spiro atoms. The van der Waals surface area contributed by atoms with Crippen LogP contribution in [0.5, 0.6) is 0 Å². The van der Waals surface area contributed by atoms with E-state index < -0.39 is 5.91 Å². The van der Waals surface area contributed by atoms with Gasteiger partial charge in [0.1, 0.15) is 5.71 Å². The lowest BCUT2D eigenvalue weighted by Crippen LogP contribution is -2.47. The van der Waals surface area contributed by atoms with Gasteiger partial charge in [0.15, 0.2) is 0 Å². The number of hydrogen-bond donors (Lipinski definition) is 3. The van der Waals surface area contributed by atoms with Crippen molar-refractivity contribution in [2.45, 2.75) is 18.9 Å². The molecule has 4 rings (SSSR count). The Hall–Kier alpha value is -3.66. The van der Waals surface area contributed by atoms with Crippen molar-refractivity contribution in [1.29, 1.82) is 0 Å². The average molecular weight is 584 g/mol. The van der Waals surface area contributed by atoms with Gasteiger partial charge in [-0.3, -0.25) is 19.4 Å². The summed E-state index contributed by atoms with van der Waals surface area (Å²) >= 11 is 12.3. The molecule has 1 fully saturated rings. The van der Waals surface area contributed by atoms with Gasteiger partial charge in [-0.1, -0.05) is 35.3 Å². The normalized spacial score (nSPS) is 15.7. The van der Waals surface area contributed by atoms with Crippen LogP contribution in [-0.4, -0.2) is 74.6 Å². The van der Waals surface area contributed by atoms with Crippen LogP contribution in [0.25, 0.3) is 0 Å². The van der Waals surface area contributed by atoms with Gasteiger partial charge in [-0.25, -0.2) is 0 Å². The number of nitrogens with one attached hydrogen (secondary N) is 3. The second-order valence-corrected chi connectivity index (χ2v) is 10.6. The van der Waals surface area contributed by atoms with Crippen LogP contribution in [0.1, 0.15) is 23.2 Å². The SMILES string of the molecule is CN(C)C/C=C/C(=O)Nc1ccc(N2CCC(NC(=O)C3=NCC=C3NC(=O)c3c(Cl)cccc3Cl)CC2)cc1. The van der Waals surface area contributed by atoms with Crippen LogP contribution in [0.15, 0.2) is 71.4 Å². The fourth-order valence-electron chi connectivity index (χ4n) is 4.46. The van der Waals surface area contributed by atoms with Gasteiger partial charge in [-0.05, 0) is 69.4 Å². The van der Waals surface area contributed by atoms with E-state index >= 15 is 0 Å². The van der Waals surface area contributed by atoms with Gasteiger partial charge in [0.25, 0.3) is 11.8 Å². The Bertz CT molecular complexity index is 1330. The summed E-state index contributed by atoms with van der Waals surface area (Å²) in [5, 5.41) is 9.10. The maximum atomic E-state index is 13.0. The highest BCUT2D eigenvalue weighted by Gasteiger charge is 2.27. The van der Waals surface area contributed by atoms with E-state index in [4.69, 9.17) is 23.2 Å². The van der Waals surface area contributed by atoms with Gasteiger partial charge in [-0.2, -0.15) is 0 Å². The number of nitrogens with zero attached hydrogens (tertiary/aromatic N) is 3. The smallest absolute Gasteiger partial charge is 0.271 e. The molecule has 2 aliphatic heterocycles. The van der Waals surface area contributed by atoms with E-state index in [1.165, 1.54) is 6.08 Å². The van der Waals surface area contributed by atoms with Crippen molar-refractivity contribution in [3.63, 3.8) is 0 Å². The number of rotatable bonds is 9. The molecule has 2 aliphatic rings. The molecule has 2 heterocycles.